The number of aliphatic hydroxyl groups is 1. The number of likely N-dealkylation sites (tertiary alicyclic amines) is 1. The maximum absolute atomic E-state index is 14.5. The first-order valence-corrected chi connectivity index (χ1v) is 21.4. The molecule has 2 aromatic rings. The van der Waals surface area contributed by atoms with Crippen molar-refractivity contribution in [2.75, 3.05) is 40.6 Å². The normalized spacial score (nSPS) is 19.1. The summed E-state index contributed by atoms with van der Waals surface area (Å²) >= 11 is 0. The lowest BCUT2D eigenvalue weighted by Gasteiger charge is -2.41. The number of anilines is 1. The van der Waals surface area contributed by atoms with Gasteiger partial charge in [0.15, 0.2) is 0 Å². The topological polar surface area (TPSA) is 167 Å². The number of aliphatic hydroxyl groups excluding tert-OH is 1. The Balaban J connectivity index is 1.77. The summed E-state index contributed by atoms with van der Waals surface area (Å²) in [6, 6.07) is 14.1. The Bertz CT molecular complexity index is 1630. The van der Waals surface area contributed by atoms with E-state index < -0.39 is 48.4 Å². The number of carbonyl (C=O) groups excluding carboxylic acids is 4. The summed E-state index contributed by atoms with van der Waals surface area (Å²) < 4.78 is 12.0. The summed E-state index contributed by atoms with van der Waals surface area (Å²) in [5, 5.41) is 16.9. The van der Waals surface area contributed by atoms with Gasteiger partial charge in [0.2, 0.25) is 23.6 Å². The first kappa shape index (κ1) is 49.3. The van der Waals surface area contributed by atoms with Gasteiger partial charge >= 0.3 is 0 Å². The maximum atomic E-state index is 14.5. The molecule has 1 fully saturated rings. The van der Waals surface area contributed by atoms with Crippen molar-refractivity contribution >= 4 is 29.3 Å². The predicted octanol–water partition coefficient (Wildman–Crippen LogP) is 5.02. The van der Waals surface area contributed by atoms with Crippen molar-refractivity contribution in [2.45, 2.75) is 136 Å². The third kappa shape index (κ3) is 13.0. The van der Waals surface area contributed by atoms with Gasteiger partial charge in [0, 0.05) is 40.0 Å². The van der Waals surface area contributed by atoms with Crippen LogP contribution in [-0.4, -0.2) is 121 Å². The second-order valence-corrected chi connectivity index (χ2v) is 17.3. The number of nitrogens with two attached hydrogens (primary N) is 1. The lowest BCUT2D eigenvalue weighted by Crippen LogP contribution is -2.60. The molecule has 1 heterocycles. The van der Waals surface area contributed by atoms with Crippen LogP contribution in [-0.2, 0) is 35.2 Å². The van der Waals surface area contributed by atoms with Gasteiger partial charge in [-0.05, 0) is 67.8 Å². The molecular weight excluding hydrogens is 749 g/mol. The van der Waals surface area contributed by atoms with Gasteiger partial charge in [0.25, 0.3) is 0 Å². The number of hydrogen-bond acceptors (Lipinski definition) is 9. The Labute approximate surface area is 353 Å². The molecule has 330 valence electrons. The molecule has 0 saturated carbocycles. The van der Waals surface area contributed by atoms with Crippen LogP contribution < -0.4 is 16.4 Å². The molecule has 0 aliphatic carbocycles. The largest absolute Gasteiger partial charge is 0.399 e. The minimum absolute atomic E-state index is 0.0149. The van der Waals surface area contributed by atoms with Crippen LogP contribution in [0.5, 0.6) is 0 Å². The molecule has 59 heavy (non-hydrogen) atoms. The zero-order valence-corrected chi connectivity index (χ0v) is 37.7. The summed E-state index contributed by atoms with van der Waals surface area (Å²) in [4.78, 5) is 61.8. The Morgan fingerprint density at radius 2 is 1.51 bits per heavy atom. The Hall–Kier alpha value is -4.04. The first-order valence-electron chi connectivity index (χ1n) is 21.4. The smallest absolute Gasteiger partial charge is 0.245 e. The number of nitrogens with zero attached hydrogens (tertiary/aromatic N) is 3. The molecule has 0 bridgehead atoms. The average Bonchev–Trinajstić information content (AvgIpc) is 3.69. The van der Waals surface area contributed by atoms with Crippen molar-refractivity contribution in [1.29, 1.82) is 0 Å². The van der Waals surface area contributed by atoms with Crippen LogP contribution in [0.15, 0.2) is 54.6 Å². The Morgan fingerprint density at radius 1 is 0.881 bits per heavy atom. The quantitative estimate of drug-likeness (QED) is 0.119. The van der Waals surface area contributed by atoms with E-state index in [9.17, 15) is 24.3 Å². The summed E-state index contributed by atoms with van der Waals surface area (Å²) in [6.45, 7) is 16.5. The molecule has 0 radical (unpaired) electrons. The second-order valence-electron chi connectivity index (χ2n) is 17.3. The fourth-order valence-corrected chi connectivity index (χ4v) is 8.67. The van der Waals surface area contributed by atoms with E-state index in [1.54, 1.807) is 44.9 Å². The van der Waals surface area contributed by atoms with Crippen LogP contribution in [0, 0.1) is 23.7 Å². The van der Waals surface area contributed by atoms with Crippen molar-refractivity contribution in [3.8, 4) is 0 Å². The summed E-state index contributed by atoms with van der Waals surface area (Å²) in [5.41, 5.74) is 8.29. The van der Waals surface area contributed by atoms with Crippen LogP contribution in [0.1, 0.15) is 98.3 Å². The van der Waals surface area contributed by atoms with Gasteiger partial charge in [-0.25, -0.2) is 0 Å². The summed E-state index contributed by atoms with van der Waals surface area (Å²) in [6.07, 6.45) is 0.0344. The van der Waals surface area contributed by atoms with Crippen LogP contribution in [0.4, 0.5) is 5.69 Å². The van der Waals surface area contributed by atoms with Crippen LogP contribution >= 0.6 is 0 Å². The number of amides is 4. The number of benzene rings is 2. The lowest BCUT2D eigenvalue weighted by atomic mass is 9.89. The van der Waals surface area contributed by atoms with E-state index in [2.05, 4.69) is 10.6 Å². The van der Waals surface area contributed by atoms with E-state index in [0.29, 0.717) is 30.8 Å². The molecule has 1 saturated heterocycles. The predicted molar refractivity (Wildman–Crippen MR) is 233 cm³/mol. The van der Waals surface area contributed by atoms with Gasteiger partial charge in [-0.15, -0.1) is 0 Å². The molecule has 5 N–H and O–H groups in total. The summed E-state index contributed by atoms with van der Waals surface area (Å²) in [5.74, 6) is -1.81. The third-order valence-corrected chi connectivity index (χ3v) is 12.3. The number of methoxy groups -OCH3 is 2. The lowest BCUT2D eigenvalue weighted by molar-refractivity contribution is -0.148. The molecule has 1 aliphatic heterocycles. The third-order valence-electron chi connectivity index (χ3n) is 12.3. The molecule has 3 rings (SSSR count). The number of nitrogens with one attached hydrogen (secondary N) is 2. The number of hydrogen-bond donors (Lipinski definition) is 4. The fraction of sp³-hybridized carbons (Fsp3) is 0.652. The van der Waals surface area contributed by atoms with E-state index in [1.165, 1.54) is 0 Å². The zero-order chi connectivity index (χ0) is 44.1. The maximum Gasteiger partial charge on any atom is 0.245 e. The zero-order valence-electron chi connectivity index (χ0n) is 37.7. The molecule has 0 spiro atoms. The highest BCUT2D eigenvalue weighted by Gasteiger charge is 2.43. The Morgan fingerprint density at radius 3 is 2.05 bits per heavy atom. The SMILES string of the molecule is CC[C@H](C)[C@@H]([C@@H](CC(=O)N1CCC[C@H]1[C@H](OC)[C@@H](C)C(=O)N[C@H](C)[C@@H](O)c1ccccc1)OC)N(C)C(=O)[C@@H](NC(=O)[C@H](C(C)C)N(C)Cc1ccc(N)cc1)C(C)C. The number of nitrogen functional groups attached to an aromatic ring is 1. The standard InChI is InChI=1S/C46H74N6O7/c1-13-30(6)41(51(10)46(57)39(28(2)3)49-45(56)40(29(4)5)50(9)27-33-21-23-35(47)24-22-33)37(58-11)26-38(53)52-25-17-20-36(52)43(59-12)31(7)44(55)48-32(8)42(54)34-18-15-14-16-19-34/h14-16,18-19,21-24,28-32,36-37,39-43,54H,13,17,20,25-27,47H2,1-12H3,(H,48,55)(H,49,56)/t30-,31+,32+,36-,37+,39-,40-,41-,42+,43+/m0/s1. The van der Waals surface area contributed by atoms with Gasteiger partial charge in [0.1, 0.15) is 6.04 Å². The number of ether oxygens (including phenoxy) is 2. The van der Waals surface area contributed by atoms with Crippen molar-refractivity contribution in [2.24, 2.45) is 23.7 Å². The van der Waals surface area contributed by atoms with Gasteiger partial charge in [-0.2, -0.15) is 0 Å². The molecule has 0 aromatic heterocycles. The molecule has 13 nitrogen and oxygen atoms in total. The monoisotopic (exact) mass is 823 g/mol. The molecule has 10 atom stereocenters. The first-order chi connectivity index (χ1) is 27.9. The fourth-order valence-electron chi connectivity index (χ4n) is 8.67. The minimum atomic E-state index is -0.885. The highest BCUT2D eigenvalue weighted by Crippen LogP contribution is 2.30. The molecule has 13 heteroatoms. The molecular formula is C46H74N6O7. The molecule has 1 aliphatic rings. The van der Waals surface area contributed by atoms with E-state index in [0.717, 1.165) is 18.4 Å². The number of rotatable bonds is 22. The van der Waals surface area contributed by atoms with Gasteiger partial charge in [0.05, 0.1) is 54.8 Å². The second kappa shape index (κ2) is 23.1. The van der Waals surface area contributed by atoms with Crippen LogP contribution in [0.25, 0.3) is 0 Å². The number of likely N-dealkylation sites (N-methyl/N-ethyl adjacent to an activating group) is 2. The highest BCUT2D eigenvalue weighted by atomic mass is 16.5. The van der Waals surface area contributed by atoms with Gasteiger partial charge < -0.3 is 40.7 Å². The molecule has 2 aromatic carbocycles. The highest BCUT2D eigenvalue weighted by molar-refractivity contribution is 5.90. The van der Waals surface area contributed by atoms with Gasteiger partial charge in [-0.3, -0.25) is 24.1 Å². The van der Waals surface area contributed by atoms with Crippen molar-refractivity contribution in [3.05, 3.63) is 65.7 Å². The van der Waals surface area contributed by atoms with E-state index in [4.69, 9.17) is 15.2 Å². The van der Waals surface area contributed by atoms with E-state index >= 15 is 0 Å². The van der Waals surface area contributed by atoms with E-state index in [-0.39, 0.29) is 53.8 Å². The van der Waals surface area contributed by atoms with Crippen molar-refractivity contribution in [1.82, 2.24) is 25.3 Å². The molecule has 0 unspecified atom stereocenters. The Kier molecular flexibility index (Phi) is 19.3. The van der Waals surface area contributed by atoms with Crippen molar-refractivity contribution in [3.63, 3.8) is 0 Å². The number of carbonyl (C=O) groups is 4. The summed E-state index contributed by atoms with van der Waals surface area (Å²) in [7, 11) is 6.76. The van der Waals surface area contributed by atoms with Crippen LogP contribution in [0.3, 0.4) is 0 Å². The van der Waals surface area contributed by atoms with Crippen LogP contribution in [0.2, 0.25) is 0 Å². The minimum Gasteiger partial charge on any atom is -0.399 e. The van der Waals surface area contributed by atoms with Crippen molar-refractivity contribution < 1.29 is 33.8 Å². The van der Waals surface area contributed by atoms with E-state index in [1.807, 2.05) is 108 Å². The average molecular weight is 823 g/mol. The van der Waals surface area contributed by atoms with Gasteiger partial charge in [-0.1, -0.05) is 97.4 Å². The molecule has 4 amide bonds.